The minimum atomic E-state index is -1.04. The molecule has 0 aliphatic carbocycles. The van der Waals surface area contributed by atoms with E-state index in [4.69, 9.17) is 21.1 Å². The van der Waals surface area contributed by atoms with Crippen molar-refractivity contribution in [3.05, 3.63) is 100.0 Å². The number of rotatable bonds is 9. The Morgan fingerprint density at radius 3 is 2.66 bits per heavy atom. The quantitative estimate of drug-likeness (QED) is 0.0631. The van der Waals surface area contributed by atoms with Crippen molar-refractivity contribution < 1.29 is 24.2 Å². The van der Waals surface area contributed by atoms with Crippen molar-refractivity contribution in [1.29, 1.82) is 0 Å². The smallest absolute Gasteiger partial charge is 0.301 e. The van der Waals surface area contributed by atoms with E-state index in [9.17, 15) is 14.7 Å². The number of methoxy groups -OCH3 is 1. The number of aliphatic hydroxyl groups excluding tert-OH is 1. The van der Waals surface area contributed by atoms with Crippen LogP contribution >= 0.6 is 34.7 Å². The lowest BCUT2D eigenvalue weighted by atomic mass is 9.96. The van der Waals surface area contributed by atoms with E-state index in [-0.39, 0.29) is 16.5 Å². The zero-order valence-corrected chi connectivity index (χ0v) is 26.2. The molecule has 5 aromatic rings. The maximum atomic E-state index is 13.8. The van der Waals surface area contributed by atoms with E-state index in [1.54, 1.807) is 47.9 Å². The highest BCUT2D eigenvalue weighted by atomic mass is 35.5. The van der Waals surface area contributed by atoms with Gasteiger partial charge >= 0.3 is 5.91 Å². The number of ether oxygens (including phenoxy) is 2. The van der Waals surface area contributed by atoms with E-state index >= 15 is 0 Å². The van der Waals surface area contributed by atoms with Crippen molar-refractivity contribution in [2.24, 2.45) is 0 Å². The van der Waals surface area contributed by atoms with Gasteiger partial charge in [0.1, 0.15) is 11.3 Å². The van der Waals surface area contributed by atoms with Crippen LogP contribution in [0.5, 0.6) is 11.5 Å². The fourth-order valence-corrected chi connectivity index (χ4v) is 7.27. The van der Waals surface area contributed by atoms with Crippen LogP contribution in [0, 0.1) is 6.92 Å². The Morgan fingerprint density at radius 1 is 1.09 bits per heavy atom. The van der Waals surface area contributed by atoms with Gasteiger partial charge in [-0.2, -0.15) is 0 Å². The Morgan fingerprint density at radius 2 is 1.89 bits per heavy atom. The van der Waals surface area contributed by atoms with Crippen LogP contribution in [0.25, 0.3) is 11.4 Å². The average molecular weight is 648 g/mol. The molecular formula is C31H26ClN5O5S2. The Bertz CT molecular complexity index is 1940. The lowest BCUT2D eigenvalue weighted by molar-refractivity contribution is -0.132. The lowest BCUT2D eigenvalue weighted by Gasteiger charge is -2.23. The molecule has 0 radical (unpaired) electrons. The molecule has 1 N–H and O–H groups in total. The number of halogens is 1. The van der Waals surface area contributed by atoms with Crippen LogP contribution in [0.1, 0.15) is 35.5 Å². The number of hydrogen-bond acceptors (Lipinski definition) is 10. The first kappa shape index (κ1) is 29.7. The van der Waals surface area contributed by atoms with Gasteiger partial charge in [0.15, 0.2) is 21.6 Å². The summed E-state index contributed by atoms with van der Waals surface area (Å²) < 4.78 is 13.5. The molecule has 13 heteroatoms. The van der Waals surface area contributed by atoms with Crippen LogP contribution < -0.4 is 14.4 Å². The van der Waals surface area contributed by atoms with E-state index < -0.39 is 17.7 Å². The molecule has 1 unspecified atom stereocenters. The molecular weight excluding hydrogens is 622 g/mol. The molecule has 1 aliphatic rings. The largest absolute Gasteiger partial charge is 0.505 e. The highest BCUT2D eigenvalue weighted by Gasteiger charge is 2.49. The Kier molecular flexibility index (Phi) is 8.30. The van der Waals surface area contributed by atoms with Gasteiger partial charge in [-0.05, 0) is 55.3 Å². The van der Waals surface area contributed by atoms with Gasteiger partial charge in [-0.3, -0.25) is 18.9 Å². The fourth-order valence-electron chi connectivity index (χ4n) is 5.11. The number of carbonyl (C=O) groups excluding carboxylic acids is 2. The van der Waals surface area contributed by atoms with E-state index in [1.807, 2.05) is 37.3 Å². The van der Waals surface area contributed by atoms with Crippen molar-refractivity contribution in [2.75, 3.05) is 18.6 Å². The molecule has 1 atom stereocenters. The number of carbonyl (C=O) groups is 2. The molecule has 0 spiro atoms. The number of anilines is 1. The third-order valence-corrected chi connectivity index (χ3v) is 9.56. The van der Waals surface area contributed by atoms with E-state index in [0.29, 0.717) is 55.8 Å². The normalized spacial score (nSPS) is 16.2. The molecule has 6 rings (SSSR count). The van der Waals surface area contributed by atoms with Crippen LogP contribution in [0.4, 0.5) is 5.13 Å². The molecule has 0 saturated carbocycles. The standard InChI is InChI=1S/C31H26ClN5O5S2/c1-4-42-21-13-12-18(15-22(21)41-3)26-24(27(38)25-17(2)33-23-11-7-8-14-36(23)25)28(39)29(40)37(26)30-34-35-31(44-30)43-16-19-9-5-6-10-20(19)32/h5-15,26,38H,4,16H2,1-3H3. The SMILES string of the molecule is CCOc1ccc(C2C(=C(O)c3c(C)nc4ccccn34)C(=O)C(=O)N2c2nnc(SCc3ccccc3Cl)s2)cc1OC. The number of ketones is 1. The summed E-state index contributed by atoms with van der Waals surface area (Å²) in [5, 5.41) is 21.2. The molecule has 224 valence electrons. The van der Waals surface area contributed by atoms with Crippen molar-refractivity contribution in [3.8, 4) is 11.5 Å². The summed E-state index contributed by atoms with van der Waals surface area (Å²) in [4.78, 5) is 33.3. The Hall–Kier alpha value is -4.39. The monoisotopic (exact) mass is 647 g/mol. The predicted octanol–water partition coefficient (Wildman–Crippen LogP) is 6.47. The molecule has 44 heavy (non-hydrogen) atoms. The summed E-state index contributed by atoms with van der Waals surface area (Å²) in [6.07, 6.45) is 1.74. The van der Waals surface area contributed by atoms with Crippen LogP contribution in [-0.4, -0.2) is 50.1 Å². The van der Waals surface area contributed by atoms with Crippen molar-refractivity contribution >= 4 is 62.9 Å². The molecule has 1 aliphatic heterocycles. The topological polar surface area (TPSA) is 119 Å². The summed E-state index contributed by atoms with van der Waals surface area (Å²) in [5.74, 6) is -0.588. The molecule has 10 nitrogen and oxygen atoms in total. The van der Waals surface area contributed by atoms with Gasteiger partial charge in [0.25, 0.3) is 5.78 Å². The minimum Gasteiger partial charge on any atom is -0.505 e. The maximum absolute atomic E-state index is 13.8. The summed E-state index contributed by atoms with van der Waals surface area (Å²) in [6, 6.07) is 17.0. The van der Waals surface area contributed by atoms with Gasteiger partial charge in [-0.25, -0.2) is 4.98 Å². The molecule has 4 heterocycles. The number of hydrogen-bond donors (Lipinski definition) is 1. The first-order valence-electron chi connectivity index (χ1n) is 13.6. The third kappa shape index (κ3) is 5.29. The summed E-state index contributed by atoms with van der Waals surface area (Å²) in [7, 11) is 1.51. The summed E-state index contributed by atoms with van der Waals surface area (Å²) in [5.41, 5.74) is 2.74. The second kappa shape index (κ2) is 12.3. The number of imidazole rings is 1. The number of pyridine rings is 1. The van der Waals surface area contributed by atoms with E-state index in [1.165, 1.54) is 35.1 Å². The molecule has 1 amide bonds. The number of benzene rings is 2. The van der Waals surface area contributed by atoms with Gasteiger partial charge < -0.3 is 14.6 Å². The summed E-state index contributed by atoms with van der Waals surface area (Å²) >= 11 is 8.91. The van der Waals surface area contributed by atoms with Crippen LogP contribution in [-0.2, 0) is 15.3 Å². The molecule has 1 saturated heterocycles. The fraction of sp³-hybridized carbons (Fsp3) is 0.194. The van der Waals surface area contributed by atoms with Gasteiger partial charge in [0, 0.05) is 17.0 Å². The number of thioether (sulfide) groups is 1. The van der Waals surface area contributed by atoms with Crippen molar-refractivity contribution in [3.63, 3.8) is 0 Å². The van der Waals surface area contributed by atoms with E-state index in [2.05, 4.69) is 15.2 Å². The Balaban J connectivity index is 1.47. The van der Waals surface area contributed by atoms with Crippen LogP contribution in [0.2, 0.25) is 5.02 Å². The average Bonchev–Trinajstić information content (AvgIpc) is 3.70. The van der Waals surface area contributed by atoms with Gasteiger partial charge in [-0.1, -0.05) is 65.0 Å². The number of aryl methyl sites for hydroxylation is 1. The highest BCUT2D eigenvalue weighted by Crippen LogP contribution is 2.46. The van der Waals surface area contributed by atoms with Crippen molar-refractivity contribution in [2.45, 2.75) is 30.0 Å². The molecule has 3 aromatic heterocycles. The first-order valence-corrected chi connectivity index (χ1v) is 15.8. The van der Waals surface area contributed by atoms with Crippen molar-refractivity contribution in [1.82, 2.24) is 19.6 Å². The van der Waals surface area contributed by atoms with Gasteiger partial charge in [0.05, 0.1) is 31.0 Å². The second-order valence-electron chi connectivity index (χ2n) is 9.72. The van der Waals surface area contributed by atoms with Crippen LogP contribution in [0.3, 0.4) is 0 Å². The zero-order chi connectivity index (χ0) is 31.0. The number of Topliss-reactive ketones (excluding diaryl/α,β-unsaturated/α-hetero) is 1. The number of amides is 1. The summed E-state index contributed by atoms with van der Waals surface area (Å²) in [6.45, 7) is 4.01. The predicted molar refractivity (Wildman–Crippen MR) is 170 cm³/mol. The zero-order valence-electron chi connectivity index (χ0n) is 23.9. The number of aliphatic hydroxyl groups is 1. The second-order valence-corrected chi connectivity index (χ2v) is 12.3. The number of nitrogens with zero attached hydrogens (tertiary/aromatic N) is 5. The van der Waals surface area contributed by atoms with Crippen LogP contribution in [0.15, 0.2) is 76.8 Å². The number of fused-ring (bicyclic) bond motifs is 1. The highest BCUT2D eigenvalue weighted by molar-refractivity contribution is 8.00. The molecule has 0 bridgehead atoms. The first-order chi connectivity index (χ1) is 21.3. The third-order valence-electron chi connectivity index (χ3n) is 7.09. The molecule has 2 aromatic carbocycles. The van der Waals surface area contributed by atoms with Gasteiger partial charge in [0.2, 0.25) is 5.13 Å². The minimum absolute atomic E-state index is 0.101. The maximum Gasteiger partial charge on any atom is 0.301 e. The van der Waals surface area contributed by atoms with E-state index in [0.717, 1.165) is 5.56 Å². The van der Waals surface area contributed by atoms with Gasteiger partial charge in [-0.15, -0.1) is 10.2 Å². The number of aromatic nitrogens is 4. The lowest BCUT2D eigenvalue weighted by Crippen LogP contribution is -2.29. The molecule has 1 fully saturated rings. The Labute approximate surface area is 265 Å².